The van der Waals surface area contributed by atoms with Crippen LogP contribution in [-0.2, 0) is 9.53 Å². The van der Waals surface area contributed by atoms with Gasteiger partial charge < -0.3 is 15.0 Å². The van der Waals surface area contributed by atoms with Crippen molar-refractivity contribution in [1.82, 2.24) is 10.2 Å². The predicted octanol–water partition coefficient (Wildman–Crippen LogP) is 1.65. The molecule has 108 valence electrons. The molecule has 0 aromatic heterocycles. The number of carbonyl (C=O) groups excluding carboxylic acids is 2. The van der Waals surface area contributed by atoms with Crippen LogP contribution in [0.5, 0.6) is 0 Å². The van der Waals surface area contributed by atoms with E-state index < -0.39 is 12.1 Å². The normalized spacial score (nSPS) is 17.5. The molecule has 0 radical (unpaired) electrons. The predicted molar refractivity (Wildman–Crippen MR) is 77.8 cm³/mol. The molecule has 0 unspecified atom stereocenters. The molecule has 0 spiro atoms. The Morgan fingerprint density at radius 1 is 1.45 bits per heavy atom. The summed E-state index contributed by atoms with van der Waals surface area (Å²) in [4.78, 5) is 25.7. The lowest BCUT2D eigenvalue weighted by Crippen LogP contribution is -2.44. The third-order valence-corrected chi connectivity index (χ3v) is 4.06. The maximum Gasteiger partial charge on any atom is 0.407 e. The minimum atomic E-state index is -0.545. The summed E-state index contributed by atoms with van der Waals surface area (Å²) < 4.78 is 4.72. The SMILES string of the molecule is Cc1ccc(SCCN(C)C(=O)[C@@H]2COC(=O)N2)cc1. The van der Waals surface area contributed by atoms with Gasteiger partial charge in [-0.2, -0.15) is 0 Å². The third-order valence-electron chi connectivity index (χ3n) is 3.06. The number of hydrogen-bond donors (Lipinski definition) is 1. The summed E-state index contributed by atoms with van der Waals surface area (Å²) in [7, 11) is 1.74. The monoisotopic (exact) mass is 294 g/mol. The molecular formula is C14H18N2O3S. The molecule has 1 fully saturated rings. The molecule has 1 aromatic rings. The summed E-state index contributed by atoms with van der Waals surface area (Å²) in [5.41, 5.74) is 1.23. The molecule has 5 nitrogen and oxygen atoms in total. The molecule has 1 saturated heterocycles. The van der Waals surface area contributed by atoms with E-state index in [1.165, 1.54) is 10.5 Å². The van der Waals surface area contributed by atoms with E-state index in [1.54, 1.807) is 23.7 Å². The van der Waals surface area contributed by atoms with Crippen molar-refractivity contribution in [2.24, 2.45) is 0 Å². The Kier molecular flexibility index (Phi) is 4.89. The molecule has 1 aliphatic rings. The lowest BCUT2D eigenvalue weighted by Gasteiger charge is -2.19. The second kappa shape index (κ2) is 6.65. The van der Waals surface area contributed by atoms with Gasteiger partial charge in [0.25, 0.3) is 0 Å². The van der Waals surface area contributed by atoms with Crippen molar-refractivity contribution in [3.05, 3.63) is 29.8 Å². The van der Waals surface area contributed by atoms with E-state index in [1.807, 2.05) is 0 Å². The Balaban J connectivity index is 1.74. The molecule has 0 saturated carbocycles. The highest BCUT2D eigenvalue weighted by atomic mass is 32.2. The molecule has 6 heteroatoms. The second-order valence-corrected chi connectivity index (χ2v) is 5.89. The smallest absolute Gasteiger partial charge is 0.407 e. The van der Waals surface area contributed by atoms with Gasteiger partial charge in [0.2, 0.25) is 5.91 Å². The maximum atomic E-state index is 12.0. The average Bonchev–Trinajstić information content (AvgIpc) is 2.86. The molecule has 1 aromatic carbocycles. The Morgan fingerprint density at radius 2 is 2.15 bits per heavy atom. The zero-order chi connectivity index (χ0) is 14.5. The fraction of sp³-hybridized carbons (Fsp3) is 0.429. The molecule has 1 N–H and O–H groups in total. The van der Waals surface area contributed by atoms with Crippen LogP contribution in [0.2, 0.25) is 0 Å². The summed E-state index contributed by atoms with van der Waals surface area (Å²) in [5.74, 6) is 0.702. The summed E-state index contributed by atoms with van der Waals surface area (Å²) in [6.45, 7) is 2.80. The first-order valence-corrected chi connectivity index (χ1v) is 7.42. The van der Waals surface area contributed by atoms with Gasteiger partial charge in [-0.05, 0) is 19.1 Å². The number of rotatable bonds is 5. The number of benzene rings is 1. The highest BCUT2D eigenvalue weighted by molar-refractivity contribution is 7.99. The zero-order valence-electron chi connectivity index (χ0n) is 11.6. The lowest BCUT2D eigenvalue weighted by molar-refractivity contribution is -0.131. The van der Waals surface area contributed by atoms with Crippen molar-refractivity contribution >= 4 is 23.8 Å². The van der Waals surface area contributed by atoms with Gasteiger partial charge in [0.15, 0.2) is 0 Å². The Hall–Kier alpha value is -1.69. The van der Waals surface area contributed by atoms with Crippen molar-refractivity contribution in [2.45, 2.75) is 17.9 Å². The van der Waals surface area contributed by atoms with Crippen LogP contribution in [0.25, 0.3) is 0 Å². The van der Waals surface area contributed by atoms with Gasteiger partial charge in [0, 0.05) is 24.2 Å². The maximum absolute atomic E-state index is 12.0. The molecule has 2 rings (SSSR count). The van der Waals surface area contributed by atoms with Gasteiger partial charge in [0.05, 0.1) is 0 Å². The van der Waals surface area contributed by atoms with E-state index in [9.17, 15) is 9.59 Å². The Labute approximate surface area is 122 Å². The Morgan fingerprint density at radius 3 is 2.75 bits per heavy atom. The number of nitrogens with one attached hydrogen (secondary N) is 1. The van der Waals surface area contributed by atoms with Crippen LogP contribution in [0.1, 0.15) is 5.56 Å². The first-order valence-electron chi connectivity index (χ1n) is 6.44. The number of carbonyl (C=O) groups is 2. The van der Waals surface area contributed by atoms with Crippen molar-refractivity contribution < 1.29 is 14.3 Å². The van der Waals surface area contributed by atoms with Gasteiger partial charge in [-0.1, -0.05) is 17.7 Å². The topological polar surface area (TPSA) is 58.6 Å². The minimum Gasteiger partial charge on any atom is -0.447 e. The number of hydrogen-bond acceptors (Lipinski definition) is 4. The number of aryl methyl sites for hydroxylation is 1. The van der Waals surface area contributed by atoms with E-state index >= 15 is 0 Å². The lowest BCUT2D eigenvalue weighted by atomic mass is 10.2. The van der Waals surface area contributed by atoms with Crippen LogP contribution in [0, 0.1) is 6.92 Å². The molecular weight excluding hydrogens is 276 g/mol. The fourth-order valence-electron chi connectivity index (χ4n) is 1.83. The number of amides is 2. The van der Waals surface area contributed by atoms with Crippen LogP contribution in [0.15, 0.2) is 29.2 Å². The zero-order valence-corrected chi connectivity index (χ0v) is 12.4. The average molecular weight is 294 g/mol. The number of alkyl carbamates (subject to hydrolysis) is 1. The quantitative estimate of drug-likeness (QED) is 0.839. The first kappa shape index (κ1) is 14.7. The molecule has 0 aliphatic carbocycles. The minimum absolute atomic E-state index is 0.111. The van der Waals surface area contributed by atoms with Gasteiger partial charge >= 0.3 is 6.09 Å². The molecule has 2 amide bonds. The highest BCUT2D eigenvalue weighted by Crippen LogP contribution is 2.18. The number of ether oxygens (including phenoxy) is 1. The summed E-state index contributed by atoms with van der Waals surface area (Å²) in [5, 5.41) is 2.49. The Bertz CT molecular complexity index is 490. The van der Waals surface area contributed by atoms with E-state index in [2.05, 4.69) is 36.5 Å². The van der Waals surface area contributed by atoms with Crippen LogP contribution < -0.4 is 5.32 Å². The number of cyclic esters (lactones) is 1. The second-order valence-electron chi connectivity index (χ2n) is 4.72. The molecule has 1 heterocycles. The number of thioether (sulfide) groups is 1. The first-order chi connectivity index (χ1) is 9.56. The van der Waals surface area contributed by atoms with Crippen LogP contribution >= 0.6 is 11.8 Å². The largest absolute Gasteiger partial charge is 0.447 e. The van der Waals surface area contributed by atoms with Gasteiger partial charge in [-0.25, -0.2) is 4.79 Å². The van der Waals surface area contributed by atoms with E-state index in [-0.39, 0.29) is 12.5 Å². The molecule has 0 bridgehead atoms. The molecule has 1 aliphatic heterocycles. The van der Waals surface area contributed by atoms with Crippen molar-refractivity contribution in [2.75, 3.05) is 26.0 Å². The number of nitrogens with zero attached hydrogens (tertiary/aromatic N) is 1. The summed E-state index contributed by atoms with van der Waals surface area (Å²) >= 11 is 1.71. The van der Waals surface area contributed by atoms with Crippen LogP contribution in [0.4, 0.5) is 4.79 Å². The number of likely N-dealkylation sites (N-methyl/N-ethyl adjacent to an activating group) is 1. The molecule has 20 heavy (non-hydrogen) atoms. The molecule has 1 atom stereocenters. The standard InChI is InChI=1S/C14H18N2O3S/c1-10-3-5-11(6-4-10)20-8-7-16(2)13(17)12-9-19-14(18)15-12/h3-6,12H,7-9H2,1-2H3,(H,15,18)/t12-/m0/s1. The van der Waals surface area contributed by atoms with Crippen LogP contribution in [-0.4, -0.2) is 48.9 Å². The van der Waals surface area contributed by atoms with Gasteiger partial charge in [-0.3, -0.25) is 4.79 Å². The van der Waals surface area contributed by atoms with E-state index in [0.29, 0.717) is 6.54 Å². The van der Waals surface area contributed by atoms with Crippen molar-refractivity contribution in [3.63, 3.8) is 0 Å². The highest BCUT2D eigenvalue weighted by Gasteiger charge is 2.30. The summed E-state index contributed by atoms with van der Waals surface area (Å²) in [6.07, 6.45) is -0.522. The van der Waals surface area contributed by atoms with Crippen molar-refractivity contribution in [3.8, 4) is 0 Å². The van der Waals surface area contributed by atoms with E-state index in [4.69, 9.17) is 4.74 Å². The summed E-state index contributed by atoms with van der Waals surface area (Å²) in [6, 6.07) is 7.75. The van der Waals surface area contributed by atoms with Gasteiger partial charge in [0.1, 0.15) is 12.6 Å². The van der Waals surface area contributed by atoms with Crippen molar-refractivity contribution in [1.29, 1.82) is 0 Å². The fourth-order valence-corrected chi connectivity index (χ4v) is 2.76. The van der Waals surface area contributed by atoms with Gasteiger partial charge in [-0.15, -0.1) is 11.8 Å². The van der Waals surface area contributed by atoms with E-state index in [0.717, 1.165) is 5.75 Å². The third kappa shape index (κ3) is 3.90. The van der Waals surface area contributed by atoms with Crippen LogP contribution in [0.3, 0.4) is 0 Å².